The number of carbonyl (C=O) groups is 1. The molecule has 1 aromatic heterocycles. The number of nitrogens with zero attached hydrogens (tertiary/aromatic N) is 3. The molecule has 2 aromatic rings. The molecule has 124 valence electrons. The molecule has 0 spiro atoms. The number of anilines is 1. The minimum absolute atomic E-state index is 0.0294. The first-order valence-corrected chi connectivity index (χ1v) is 8.34. The molecule has 1 N–H and O–H groups in total. The zero-order valence-electron chi connectivity index (χ0n) is 12.8. The van der Waals surface area contributed by atoms with Gasteiger partial charge in [-0.2, -0.15) is 5.10 Å². The third-order valence-corrected chi connectivity index (χ3v) is 4.32. The van der Waals surface area contributed by atoms with Crippen LogP contribution in [0.25, 0.3) is 0 Å². The highest BCUT2D eigenvalue weighted by Gasteiger charge is 2.23. The first-order chi connectivity index (χ1) is 10.7. The van der Waals surface area contributed by atoms with Crippen LogP contribution in [0.1, 0.15) is 21.5 Å². The Morgan fingerprint density at radius 2 is 2.00 bits per heavy atom. The van der Waals surface area contributed by atoms with E-state index in [1.807, 2.05) is 0 Å². The first-order valence-electron chi connectivity index (χ1n) is 6.60. The summed E-state index contributed by atoms with van der Waals surface area (Å²) in [6, 6.07) is 3.01. The van der Waals surface area contributed by atoms with Crippen LogP contribution in [-0.4, -0.2) is 43.2 Å². The van der Waals surface area contributed by atoms with Gasteiger partial charge in [0, 0.05) is 26.7 Å². The van der Waals surface area contributed by atoms with Crippen molar-refractivity contribution in [3.8, 4) is 5.88 Å². The highest BCUT2D eigenvalue weighted by molar-refractivity contribution is 7.71. The van der Waals surface area contributed by atoms with Crippen LogP contribution in [0, 0.1) is 0 Å². The third-order valence-electron chi connectivity index (χ3n) is 3.34. The van der Waals surface area contributed by atoms with Gasteiger partial charge in [0.05, 0.1) is 22.7 Å². The van der Waals surface area contributed by atoms with Gasteiger partial charge in [0.1, 0.15) is 16.3 Å². The van der Waals surface area contributed by atoms with E-state index in [9.17, 15) is 18.3 Å². The van der Waals surface area contributed by atoms with Crippen molar-refractivity contribution in [3.63, 3.8) is 0 Å². The fraction of sp³-hybridized carbons (Fsp3) is 0.286. The molecule has 23 heavy (non-hydrogen) atoms. The van der Waals surface area contributed by atoms with E-state index < -0.39 is 16.5 Å². The molecule has 1 heterocycles. The van der Waals surface area contributed by atoms with Crippen molar-refractivity contribution in [1.29, 1.82) is 0 Å². The number of thiol groups is 1. The summed E-state index contributed by atoms with van der Waals surface area (Å²) >= 11 is 6.33. The van der Waals surface area contributed by atoms with Gasteiger partial charge in [-0.3, -0.25) is 4.79 Å². The van der Waals surface area contributed by atoms with Gasteiger partial charge in [-0.1, -0.05) is 17.7 Å². The lowest BCUT2D eigenvalue weighted by Crippen LogP contribution is -2.14. The maximum Gasteiger partial charge on any atom is 0.220 e. The molecule has 0 radical (unpaired) electrons. The lowest BCUT2D eigenvalue weighted by atomic mass is 10.0. The molecule has 0 amide bonds. The second-order valence-electron chi connectivity index (χ2n) is 5.15. The van der Waals surface area contributed by atoms with E-state index in [-0.39, 0.29) is 27.8 Å². The Hall–Kier alpha value is -2.06. The van der Waals surface area contributed by atoms with Crippen LogP contribution in [-0.2, 0) is 23.5 Å². The van der Waals surface area contributed by atoms with Crippen LogP contribution in [0.2, 0.25) is 5.02 Å². The van der Waals surface area contributed by atoms with Gasteiger partial charge in [-0.05, 0) is 11.6 Å². The van der Waals surface area contributed by atoms with E-state index in [1.54, 1.807) is 25.1 Å². The molecular weight excluding hydrogens is 342 g/mol. The molecule has 1 aromatic carbocycles. The number of ketones is 1. The Morgan fingerprint density at radius 3 is 2.48 bits per heavy atom. The van der Waals surface area contributed by atoms with Crippen molar-refractivity contribution in [2.45, 2.75) is 5.75 Å². The van der Waals surface area contributed by atoms with E-state index in [0.29, 0.717) is 11.3 Å². The zero-order chi connectivity index (χ0) is 17.3. The number of aromatic hydroxyl groups is 1. The standard InChI is InChI=1S/C14H16ClN3O4S/c1-17(2)12-8(7-23(21)22)4-5-9(11(12)15)13(19)10-6-16-18(3)14(10)20/h4-6,20,23H,7H2,1-3H3. The quantitative estimate of drug-likeness (QED) is 0.616. The molecule has 0 atom stereocenters. The van der Waals surface area contributed by atoms with Gasteiger partial charge in [0.25, 0.3) is 0 Å². The van der Waals surface area contributed by atoms with E-state index >= 15 is 0 Å². The number of carbonyl (C=O) groups excluding carboxylic acids is 1. The van der Waals surface area contributed by atoms with E-state index in [2.05, 4.69) is 5.10 Å². The van der Waals surface area contributed by atoms with Crippen LogP contribution >= 0.6 is 11.6 Å². The van der Waals surface area contributed by atoms with Crippen LogP contribution in [0.3, 0.4) is 0 Å². The largest absolute Gasteiger partial charge is 0.493 e. The van der Waals surface area contributed by atoms with Crippen LogP contribution in [0.4, 0.5) is 5.69 Å². The number of aromatic nitrogens is 2. The maximum absolute atomic E-state index is 12.6. The summed E-state index contributed by atoms with van der Waals surface area (Å²) in [4.78, 5) is 14.2. The Kier molecular flexibility index (Phi) is 4.96. The van der Waals surface area contributed by atoms with Gasteiger partial charge < -0.3 is 10.0 Å². The monoisotopic (exact) mass is 357 g/mol. The zero-order valence-corrected chi connectivity index (χ0v) is 14.4. The van der Waals surface area contributed by atoms with Gasteiger partial charge in [-0.15, -0.1) is 0 Å². The number of halogens is 1. The average molecular weight is 358 g/mol. The second-order valence-corrected chi connectivity index (χ2v) is 6.51. The molecule has 9 heteroatoms. The molecule has 0 aliphatic carbocycles. The summed E-state index contributed by atoms with van der Waals surface area (Å²) in [7, 11) is 2.30. The summed E-state index contributed by atoms with van der Waals surface area (Å²) in [5, 5.41) is 13.8. The van der Waals surface area contributed by atoms with Gasteiger partial charge in [0.15, 0.2) is 0 Å². The number of rotatable bonds is 5. The van der Waals surface area contributed by atoms with E-state index in [0.717, 1.165) is 0 Å². The lowest BCUT2D eigenvalue weighted by Gasteiger charge is -2.20. The van der Waals surface area contributed by atoms with E-state index in [1.165, 1.54) is 24.0 Å². The average Bonchev–Trinajstić information content (AvgIpc) is 2.77. The van der Waals surface area contributed by atoms with Crippen LogP contribution in [0.15, 0.2) is 18.3 Å². The second kappa shape index (κ2) is 6.59. The van der Waals surface area contributed by atoms with Crippen molar-refractivity contribution >= 4 is 33.8 Å². The Labute approximate surface area is 140 Å². The molecule has 0 saturated heterocycles. The lowest BCUT2D eigenvalue weighted by molar-refractivity contribution is 0.103. The molecule has 7 nitrogen and oxygen atoms in total. The molecule has 0 aliphatic heterocycles. The minimum Gasteiger partial charge on any atom is -0.493 e. The highest BCUT2D eigenvalue weighted by atomic mass is 35.5. The number of aryl methyl sites for hydroxylation is 1. The van der Waals surface area contributed by atoms with E-state index in [4.69, 9.17) is 11.6 Å². The smallest absolute Gasteiger partial charge is 0.220 e. The summed E-state index contributed by atoms with van der Waals surface area (Å²) in [5.41, 5.74) is 1.16. The van der Waals surface area contributed by atoms with Crippen molar-refractivity contribution in [1.82, 2.24) is 9.78 Å². The fourth-order valence-electron chi connectivity index (χ4n) is 2.27. The van der Waals surface area contributed by atoms with Crippen molar-refractivity contribution in [2.75, 3.05) is 19.0 Å². The Bertz CT molecular complexity index is 835. The topological polar surface area (TPSA) is 92.5 Å². The van der Waals surface area contributed by atoms with Gasteiger partial charge >= 0.3 is 0 Å². The van der Waals surface area contributed by atoms with Crippen molar-refractivity contribution < 1.29 is 18.3 Å². The minimum atomic E-state index is -2.62. The summed E-state index contributed by atoms with van der Waals surface area (Å²) in [6.07, 6.45) is 1.26. The molecule has 0 saturated carbocycles. The van der Waals surface area contributed by atoms with Gasteiger partial charge in [0.2, 0.25) is 11.7 Å². The first kappa shape index (κ1) is 17.3. The predicted octanol–water partition coefficient (Wildman–Crippen LogP) is 1.19. The summed E-state index contributed by atoms with van der Waals surface area (Å²) in [6.45, 7) is 0. The Morgan fingerprint density at radius 1 is 1.35 bits per heavy atom. The molecule has 0 fully saturated rings. The van der Waals surface area contributed by atoms with Crippen LogP contribution in [0.5, 0.6) is 5.88 Å². The van der Waals surface area contributed by atoms with Crippen molar-refractivity contribution in [2.24, 2.45) is 7.05 Å². The van der Waals surface area contributed by atoms with Crippen LogP contribution < -0.4 is 4.90 Å². The molecule has 0 bridgehead atoms. The number of hydrogen-bond acceptors (Lipinski definition) is 6. The third kappa shape index (κ3) is 3.32. The molecule has 2 rings (SSSR count). The van der Waals surface area contributed by atoms with Gasteiger partial charge in [-0.25, -0.2) is 13.1 Å². The summed E-state index contributed by atoms with van der Waals surface area (Å²) in [5.74, 6) is -0.916. The number of hydrogen-bond donors (Lipinski definition) is 2. The summed E-state index contributed by atoms with van der Waals surface area (Å²) < 4.78 is 23.2. The molecular formula is C14H16ClN3O4S. The predicted molar refractivity (Wildman–Crippen MR) is 88.1 cm³/mol. The SMILES string of the molecule is CN(C)c1c(C[SH](=O)=O)ccc(C(=O)c2cnn(C)c2O)c1Cl. The van der Waals surface area contributed by atoms with Crippen molar-refractivity contribution in [3.05, 3.63) is 40.0 Å². The number of benzene rings is 1. The normalized spacial score (nSPS) is 11.0. The Balaban J connectivity index is 2.58. The molecule has 0 unspecified atom stereocenters. The maximum atomic E-state index is 12.6. The molecule has 0 aliphatic rings. The fourth-order valence-corrected chi connectivity index (χ4v) is 3.24. The highest BCUT2D eigenvalue weighted by Crippen LogP contribution is 2.34.